The number of hydrogen-bond acceptors (Lipinski definition) is 2. The standard InChI is InChI=1S/C20H27FN2/c1-3-5-7-8-9-16-14-22-20(23-15-16)18-12-11-17(10-6-4-2)19(21)13-18/h11-15H,3-10H2,1-2H3. The Hall–Kier alpha value is -1.77. The Morgan fingerprint density at radius 2 is 1.61 bits per heavy atom. The highest BCUT2D eigenvalue weighted by molar-refractivity contribution is 5.55. The van der Waals surface area contributed by atoms with Crippen molar-refractivity contribution in [3.63, 3.8) is 0 Å². The maximum Gasteiger partial charge on any atom is 0.159 e. The van der Waals surface area contributed by atoms with Gasteiger partial charge in [0.15, 0.2) is 5.82 Å². The summed E-state index contributed by atoms with van der Waals surface area (Å²) in [5, 5.41) is 0. The zero-order valence-electron chi connectivity index (χ0n) is 14.3. The van der Waals surface area contributed by atoms with Crippen molar-refractivity contribution in [1.29, 1.82) is 0 Å². The number of benzene rings is 1. The minimum absolute atomic E-state index is 0.150. The van der Waals surface area contributed by atoms with Gasteiger partial charge in [0.05, 0.1) is 0 Å². The second-order valence-electron chi connectivity index (χ2n) is 6.14. The summed E-state index contributed by atoms with van der Waals surface area (Å²) in [7, 11) is 0. The number of rotatable bonds is 9. The molecule has 0 fully saturated rings. The van der Waals surface area contributed by atoms with Crippen molar-refractivity contribution >= 4 is 0 Å². The van der Waals surface area contributed by atoms with Crippen LogP contribution in [0.1, 0.15) is 63.5 Å². The zero-order chi connectivity index (χ0) is 16.5. The second-order valence-corrected chi connectivity index (χ2v) is 6.14. The maximum absolute atomic E-state index is 14.1. The van der Waals surface area contributed by atoms with E-state index in [0.29, 0.717) is 5.82 Å². The Balaban J connectivity index is 2.00. The predicted molar refractivity (Wildman–Crippen MR) is 93.9 cm³/mol. The molecule has 2 aromatic rings. The van der Waals surface area contributed by atoms with E-state index in [1.807, 2.05) is 24.5 Å². The first-order valence-corrected chi connectivity index (χ1v) is 8.84. The molecule has 0 amide bonds. The summed E-state index contributed by atoms with van der Waals surface area (Å²) >= 11 is 0. The minimum atomic E-state index is -0.150. The average Bonchev–Trinajstić information content (AvgIpc) is 2.58. The van der Waals surface area contributed by atoms with Gasteiger partial charge in [-0.15, -0.1) is 0 Å². The van der Waals surface area contributed by atoms with Crippen LogP contribution in [0.3, 0.4) is 0 Å². The van der Waals surface area contributed by atoms with Crippen molar-refractivity contribution in [3.05, 3.63) is 47.5 Å². The molecular formula is C20H27FN2. The number of unbranched alkanes of at least 4 members (excludes halogenated alkanes) is 4. The lowest BCUT2D eigenvalue weighted by Gasteiger charge is -2.06. The van der Waals surface area contributed by atoms with Gasteiger partial charge in [-0.3, -0.25) is 0 Å². The molecule has 2 rings (SSSR count). The molecule has 23 heavy (non-hydrogen) atoms. The van der Waals surface area contributed by atoms with Gasteiger partial charge >= 0.3 is 0 Å². The van der Waals surface area contributed by atoms with Gasteiger partial charge in [0.25, 0.3) is 0 Å². The van der Waals surface area contributed by atoms with Gasteiger partial charge in [-0.25, -0.2) is 14.4 Å². The Morgan fingerprint density at radius 1 is 0.870 bits per heavy atom. The van der Waals surface area contributed by atoms with E-state index in [4.69, 9.17) is 0 Å². The average molecular weight is 314 g/mol. The SMILES string of the molecule is CCCCCCc1cnc(-c2ccc(CCCC)c(F)c2)nc1. The van der Waals surface area contributed by atoms with Crippen LogP contribution >= 0.6 is 0 Å². The predicted octanol–water partition coefficient (Wildman–Crippen LogP) is 5.75. The molecule has 0 saturated heterocycles. The smallest absolute Gasteiger partial charge is 0.159 e. The first-order chi connectivity index (χ1) is 11.2. The third-order valence-electron chi connectivity index (χ3n) is 4.14. The first kappa shape index (κ1) is 17.6. The lowest BCUT2D eigenvalue weighted by atomic mass is 10.0. The van der Waals surface area contributed by atoms with E-state index < -0.39 is 0 Å². The van der Waals surface area contributed by atoms with Gasteiger partial charge in [-0.2, -0.15) is 0 Å². The van der Waals surface area contributed by atoms with Gasteiger partial charge in [0, 0.05) is 18.0 Å². The van der Waals surface area contributed by atoms with E-state index in [-0.39, 0.29) is 5.82 Å². The van der Waals surface area contributed by atoms with E-state index in [2.05, 4.69) is 23.8 Å². The fourth-order valence-electron chi connectivity index (χ4n) is 2.65. The lowest BCUT2D eigenvalue weighted by molar-refractivity contribution is 0.603. The minimum Gasteiger partial charge on any atom is -0.236 e. The Morgan fingerprint density at radius 3 is 2.26 bits per heavy atom. The first-order valence-electron chi connectivity index (χ1n) is 8.84. The van der Waals surface area contributed by atoms with E-state index >= 15 is 0 Å². The van der Waals surface area contributed by atoms with Crippen LogP contribution in [0.15, 0.2) is 30.6 Å². The van der Waals surface area contributed by atoms with Crippen LogP contribution < -0.4 is 0 Å². The summed E-state index contributed by atoms with van der Waals surface area (Å²) in [6, 6.07) is 5.34. The summed E-state index contributed by atoms with van der Waals surface area (Å²) in [4.78, 5) is 8.81. The van der Waals surface area contributed by atoms with Crippen LogP contribution in [0.4, 0.5) is 4.39 Å². The molecule has 0 bridgehead atoms. The van der Waals surface area contributed by atoms with Crippen LogP contribution in [0.2, 0.25) is 0 Å². The highest BCUT2D eigenvalue weighted by Crippen LogP contribution is 2.20. The summed E-state index contributed by atoms with van der Waals surface area (Å²) in [6.45, 7) is 4.33. The molecule has 1 heterocycles. The Kier molecular flexibility index (Phi) is 7.18. The van der Waals surface area contributed by atoms with Crippen LogP contribution in [0, 0.1) is 5.82 Å². The van der Waals surface area contributed by atoms with Crippen LogP contribution in [0.5, 0.6) is 0 Å². The molecule has 0 aliphatic carbocycles. The Bertz CT molecular complexity index is 593. The summed E-state index contributed by atoms with van der Waals surface area (Å²) in [5.41, 5.74) is 2.69. The van der Waals surface area contributed by atoms with Crippen LogP contribution in [-0.2, 0) is 12.8 Å². The van der Waals surface area contributed by atoms with Crippen molar-refractivity contribution in [3.8, 4) is 11.4 Å². The topological polar surface area (TPSA) is 25.8 Å². The number of nitrogens with zero attached hydrogens (tertiary/aromatic N) is 2. The maximum atomic E-state index is 14.1. The lowest BCUT2D eigenvalue weighted by Crippen LogP contribution is -1.96. The molecule has 0 saturated carbocycles. The van der Waals surface area contributed by atoms with Crippen molar-refractivity contribution in [2.45, 2.75) is 65.2 Å². The monoisotopic (exact) mass is 314 g/mol. The highest BCUT2D eigenvalue weighted by atomic mass is 19.1. The molecule has 0 atom stereocenters. The van der Waals surface area contributed by atoms with Crippen LogP contribution in [0.25, 0.3) is 11.4 Å². The summed E-state index contributed by atoms with van der Waals surface area (Å²) < 4.78 is 14.1. The summed E-state index contributed by atoms with van der Waals surface area (Å²) in [6.07, 6.45) is 12.6. The number of halogens is 1. The molecule has 124 valence electrons. The molecule has 0 unspecified atom stereocenters. The van der Waals surface area contributed by atoms with Gasteiger partial charge < -0.3 is 0 Å². The van der Waals surface area contributed by atoms with E-state index in [0.717, 1.165) is 42.4 Å². The molecule has 0 N–H and O–H groups in total. The molecule has 0 spiro atoms. The quantitative estimate of drug-likeness (QED) is 0.551. The van der Waals surface area contributed by atoms with Gasteiger partial charge in [0.1, 0.15) is 5.82 Å². The molecule has 1 aromatic heterocycles. The molecule has 1 aromatic carbocycles. The van der Waals surface area contributed by atoms with E-state index in [9.17, 15) is 4.39 Å². The third kappa shape index (κ3) is 5.42. The van der Waals surface area contributed by atoms with Crippen molar-refractivity contribution < 1.29 is 4.39 Å². The van der Waals surface area contributed by atoms with E-state index in [1.165, 1.54) is 25.7 Å². The Labute approximate surface area is 139 Å². The van der Waals surface area contributed by atoms with Gasteiger partial charge in [-0.05, 0) is 42.9 Å². The fourth-order valence-corrected chi connectivity index (χ4v) is 2.65. The largest absolute Gasteiger partial charge is 0.236 e. The number of aromatic nitrogens is 2. The fraction of sp³-hybridized carbons (Fsp3) is 0.500. The third-order valence-corrected chi connectivity index (χ3v) is 4.14. The molecule has 2 nitrogen and oxygen atoms in total. The second kappa shape index (κ2) is 9.39. The molecule has 0 aliphatic rings. The molecular weight excluding hydrogens is 287 g/mol. The highest BCUT2D eigenvalue weighted by Gasteiger charge is 2.07. The molecule has 0 radical (unpaired) electrons. The molecule has 3 heteroatoms. The normalized spacial score (nSPS) is 10.9. The number of hydrogen-bond donors (Lipinski definition) is 0. The molecule has 0 aliphatic heterocycles. The van der Waals surface area contributed by atoms with Gasteiger partial charge in [0.2, 0.25) is 0 Å². The number of aryl methyl sites for hydroxylation is 2. The van der Waals surface area contributed by atoms with Crippen molar-refractivity contribution in [1.82, 2.24) is 9.97 Å². The summed E-state index contributed by atoms with van der Waals surface area (Å²) in [5.74, 6) is 0.450. The van der Waals surface area contributed by atoms with E-state index in [1.54, 1.807) is 6.07 Å². The van der Waals surface area contributed by atoms with Crippen molar-refractivity contribution in [2.75, 3.05) is 0 Å². The van der Waals surface area contributed by atoms with Gasteiger partial charge in [-0.1, -0.05) is 51.7 Å². The van der Waals surface area contributed by atoms with Crippen LogP contribution in [-0.4, -0.2) is 9.97 Å². The van der Waals surface area contributed by atoms with Crippen molar-refractivity contribution in [2.24, 2.45) is 0 Å². The zero-order valence-corrected chi connectivity index (χ0v) is 14.3.